The highest BCUT2D eigenvalue weighted by molar-refractivity contribution is 6.31. The SMILES string of the molecule is CN(CCNC(=O)Nc1ccc(Cl)c(C(F)(F)F)c1)CCNc1cc(-n2cccc2)nc(-n2cccc2)n1.Cl. The van der Waals surface area contributed by atoms with E-state index in [0.29, 0.717) is 37.9 Å². The molecule has 0 spiro atoms. The lowest BCUT2D eigenvalue weighted by Crippen LogP contribution is -2.37. The van der Waals surface area contributed by atoms with Crippen LogP contribution in [0.2, 0.25) is 5.02 Å². The Kier molecular flexibility index (Phi) is 10.2. The molecule has 0 atom stereocenters. The zero-order valence-corrected chi connectivity index (χ0v) is 22.4. The van der Waals surface area contributed by atoms with Crippen LogP contribution in [0, 0.1) is 0 Å². The van der Waals surface area contributed by atoms with Crippen molar-refractivity contribution in [1.29, 1.82) is 0 Å². The quantitative estimate of drug-likeness (QED) is 0.235. The molecular formula is C25H27Cl2F3N8O. The summed E-state index contributed by atoms with van der Waals surface area (Å²) < 4.78 is 42.7. The summed E-state index contributed by atoms with van der Waals surface area (Å²) in [5.41, 5.74) is -1.01. The van der Waals surface area contributed by atoms with Gasteiger partial charge in [-0.05, 0) is 49.5 Å². The molecule has 39 heavy (non-hydrogen) atoms. The van der Waals surface area contributed by atoms with Crippen molar-refractivity contribution in [3.63, 3.8) is 0 Å². The molecule has 3 heterocycles. The number of hydrogen-bond donors (Lipinski definition) is 3. The van der Waals surface area contributed by atoms with Gasteiger partial charge in [-0.25, -0.2) is 4.79 Å². The van der Waals surface area contributed by atoms with E-state index in [4.69, 9.17) is 11.6 Å². The van der Waals surface area contributed by atoms with Gasteiger partial charge in [0, 0.05) is 62.7 Å². The van der Waals surface area contributed by atoms with Crippen LogP contribution in [-0.4, -0.2) is 63.3 Å². The van der Waals surface area contributed by atoms with E-state index in [0.717, 1.165) is 18.0 Å². The Bertz CT molecular complexity index is 1300. The molecule has 0 aliphatic rings. The number of carbonyl (C=O) groups is 1. The Morgan fingerprint density at radius 2 is 1.62 bits per heavy atom. The maximum absolute atomic E-state index is 13.0. The number of hydrogen-bond acceptors (Lipinski definition) is 5. The second-order valence-electron chi connectivity index (χ2n) is 8.40. The number of alkyl halides is 3. The Morgan fingerprint density at radius 1 is 0.974 bits per heavy atom. The maximum atomic E-state index is 13.0. The van der Waals surface area contributed by atoms with Crippen LogP contribution in [-0.2, 0) is 6.18 Å². The average molecular weight is 583 g/mol. The summed E-state index contributed by atoms with van der Waals surface area (Å²) >= 11 is 5.61. The van der Waals surface area contributed by atoms with Gasteiger partial charge >= 0.3 is 12.2 Å². The van der Waals surface area contributed by atoms with Crippen molar-refractivity contribution < 1.29 is 18.0 Å². The van der Waals surface area contributed by atoms with Crippen molar-refractivity contribution in [2.24, 2.45) is 0 Å². The summed E-state index contributed by atoms with van der Waals surface area (Å²) in [5, 5.41) is 7.92. The van der Waals surface area contributed by atoms with E-state index in [1.54, 1.807) is 0 Å². The van der Waals surface area contributed by atoms with Crippen LogP contribution in [0.3, 0.4) is 0 Å². The predicted molar refractivity (Wildman–Crippen MR) is 147 cm³/mol. The van der Waals surface area contributed by atoms with Gasteiger partial charge in [-0.15, -0.1) is 12.4 Å². The van der Waals surface area contributed by atoms with E-state index in [2.05, 4.69) is 25.9 Å². The molecule has 1 aromatic carbocycles. The van der Waals surface area contributed by atoms with Crippen molar-refractivity contribution in [3.05, 3.63) is 83.9 Å². The third kappa shape index (κ3) is 8.37. The van der Waals surface area contributed by atoms with E-state index in [1.807, 2.05) is 76.2 Å². The number of urea groups is 1. The molecule has 0 radical (unpaired) electrons. The molecule has 4 aromatic rings. The largest absolute Gasteiger partial charge is 0.417 e. The molecule has 0 aliphatic carbocycles. The number of carbonyl (C=O) groups excluding carboxylic acids is 1. The maximum Gasteiger partial charge on any atom is 0.417 e. The molecule has 0 unspecified atom stereocenters. The van der Waals surface area contributed by atoms with Gasteiger partial charge in [-0.3, -0.25) is 4.57 Å². The van der Waals surface area contributed by atoms with E-state index in [1.165, 1.54) is 6.07 Å². The topological polar surface area (TPSA) is 92.0 Å². The molecule has 14 heteroatoms. The highest BCUT2D eigenvalue weighted by atomic mass is 35.5. The zero-order chi connectivity index (χ0) is 27.1. The molecule has 0 saturated carbocycles. The van der Waals surface area contributed by atoms with Crippen LogP contribution >= 0.6 is 24.0 Å². The first kappa shape index (κ1) is 29.8. The lowest BCUT2D eigenvalue weighted by atomic mass is 10.2. The number of likely N-dealkylation sites (N-methyl/N-ethyl adjacent to an activating group) is 1. The number of nitrogens with zero attached hydrogens (tertiary/aromatic N) is 5. The van der Waals surface area contributed by atoms with E-state index in [9.17, 15) is 18.0 Å². The first-order valence-electron chi connectivity index (χ1n) is 11.7. The first-order chi connectivity index (χ1) is 18.2. The summed E-state index contributed by atoms with van der Waals surface area (Å²) in [6.07, 6.45) is 2.95. The number of benzene rings is 1. The molecule has 0 fully saturated rings. The monoisotopic (exact) mass is 582 g/mol. The van der Waals surface area contributed by atoms with Gasteiger partial charge in [0.05, 0.1) is 10.6 Å². The van der Waals surface area contributed by atoms with Crippen LogP contribution < -0.4 is 16.0 Å². The van der Waals surface area contributed by atoms with Crippen molar-refractivity contribution in [1.82, 2.24) is 29.3 Å². The minimum absolute atomic E-state index is 0. The van der Waals surface area contributed by atoms with Gasteiger partial charge in [0.1, 0.15) is 11.6 Å². The Hall–Kier alpha value is -3.74. The fraction of sp³-hybridized carbons (Fsp3) is 0.240. The minimum Gasteiger partial charge on any atom is -0.369 e. The fourth-order valence-electron chi connectivity index (χ4n) is 3.56. The third-order valence-corrected chi connectivity index (χ3v) is 5.84. The van der Waals surface area contributed by atoms with Gasteiger partial charge in [-0.1, -0.05) is 11.6 Å². The van der Waals surface area contributed by atoms with Crippen LogP contribution in [0.25, 0.3) is 11.8 Å². The zero-order valence-electron chi connectivity index (χ0n) is 20.8. The number of amides is 2. The second-order valence-corrected chi connectivity index (χ2v) is 8.80. The minimum atomic E-state index is -4.61. The normalized spacial score (nSPS) is 11.2. The molecule has 0 aliphatic heterocycles. The van der Waals surface area contributed by atoms with Crippen LogP contribution in [0.4, 0.5) is 29.5 Å². The molecular weight excluding hydrogens is 556 g/mol. The van der Waals surface area contributed by atoms with Gasteiger partial charge in [0.15, 0.2) is 0 Å². The second kappa shape index (κ2) is 13.4. The van der Waals surface area contributed by atoms with Crippen LogP contribution in [0.1, 0.15) is 5.56 Å². The molecule has 2 amide bonds. The van der Waals surface area contributed by atoms with Crippen molar-refractivity contribution in [2.75, 3.05) is 43.9 Å². The number of aromatic nitrogens is 4. The third-order valence-electron chi connectivity index (χ3n) is 5.51. The van der Waals surface area contributed by atoms with E-state index in [-0.39, 0.29) is 18.1 Å². The lowest BCUT2D eigenvalue weighted by molar-refractivity contribution is -0.137. The molecule has 9 nitrogen and oxygen atoms in total. The van der Waals surface area contributed by atoms with Crippen LogP contribution in [0.15, 0.2) is 73.3 Å². The highest BCUT2D eigenvalue weighted by Gasteiger charge is 2.33. The van der Waals surface area contributed by atoms with Gasteiger partial charge in [-0.2, -0.15) is 23.1 Å². The van der Waals surface area contributed by atoms with Crippen molar-refractivity contribution in [3.8, 4) is 11.8 Å². The van der Waals surface area contributed by atoms with Crippen molar-refractivity contribution in [2.45, 2.75) is 6.18 Å². The summed E-state index contributed by atoms with van der Waals surface area (Å²) in [5.74, 6) is 1.93. The number of rotatable bonds is 10. The molecule has 0 bridgehead atoms. The van der Waals surface area contributed by atoms with Gasteiger partial charge in [0.25, 0.3) is 0 Å². The smallest absolute Gasteiger partial charge is 0.369 e. The molecule has 4 rings (SSSR count). The summed E-state index contributed by atoms with van der Waals surface area (Å²) in [6.45, 7) is 2.06. The Morgan fingerprint density at radius 3 is 2.28 bits per heavy atom. The highest BCUT2D eigenvalue weighted by Crippen LogP contribution is 2.36. The predicted octanol–water partition coefficient (Wildman–Crippen LogP) is 5.32. The van der Waals surface area contributed by atoms with Gasteiger partial charge in [0.2, 0.25) is 5.95 Å². The first-order valence-corrected chi connectivity index (χ1v) is 12.1. The van der Waals surface area contributed by atoms with Crippen molar-refractivity contribution >= 4 is 41.5 Å². The Balaban J connectivity index is 0.00000420. The molecule has 3 N–H and O–H groups in total. The Labute approximate surface area is 234 Å². The van der Waals surface area contributed by atoms with E-state index < -0.39 is 22.8 Å². The lowest BCUT2D eigenvalue weighted by Gasteiger charge is -2.18. The van der Waals surface area contributed by atoms with Crippen LogP contribution in [0.5, 0.6) is 0 Å². The molecule has 208 valence electrons. The molecule has 0 saturated heterocycles. The summed E-state index contributed by atoms with van der Waals surface area (Å²) in [4.78, 5) is 23.3. The number of nitrogens with one attached hydrogen (secondary N) is 3. The number of anilines is 2. The summed E-state index contributed by atoms with van der Waals surface area (Å²) in [7, 11) is 1.90. The average Bonchev–Trinajstić information content (AvgIpc) is 3.59. The standard InChI is InChI=1S/C25H26ClF3N8O.ClH/c1-35(15-9-31-24(38)32-18-6-7-20(26)19(16-18)25(27,28)29)14-8-30-21-17-22(36-10-2-3-11-36)34-23(33-21)37-12-4-5-13-37;/h2-7,10-13,16-17H,8-9,14-15H2,1H3,(H,30,33,34)(H2,31,32,38);1H. The van der Waals surface area contributed by atoms with Gasteiger partial charge < -0.3 is 25.4 Å². The molecule has 3 aromatic heterocycles. The fourth-order valence-corrected chi connectivity index (χ4v) is 3.78. The summed E-state index contributed by atoms with van der Waals surface area (Å²) in [6, 6.07) is 12.1. The number of halogens is 5. The van der Waals surface area contributed by atoms with E-state index >= 15 is 0 Å².